The zero-order valence-corrected chi connectivity index (χ0v) is 11.6. The van der Waals surface area contributed by atoms with Crippen LogP contribution in [-0.2, 0) is 6.54 Å². The summed E-state index contributed by atoms with van der Waals surface area (Å²) in [5, 5.41) is 3.18. The van der Waals surface area contributed by atoms with E-state index in [1.165, 1.54) is 17.0 Å². The lowest BCUT2D eigenvalue weighted by Crippen LogP contribution is -2.22. The Morgan fingerprint density at radius 2 is 1.90 bits per heavy atom. The minimum atomic E-state index is -0.262. The molecule has 0 aromatic heterocycles. The number of nitrogens with zero attached hydrogens (tertiary/aromatic N) is 1. The van der Waals surface area contributed by atoms with Gasteiger partial charge in [-0.25, -0.2) is 4.39 Å². The van der Waals surface area contributed by atoms with E-state index in [4.69, 9.17) is 0 Å². The second kappa shape index (κ2) is 6.19. The lowest BCUT2D eigenvalue weighted by molar-refractivity contribution is 0.0828. The fraction of sp³-hybridized carbons (Fsp3) is 0.188. The number of amides is 1. The Balaban J connectivity index is 2.16. The molecule has 2 aromatic rings. The second-order valence-corrected chi connectivity index (χ2v) is 4.73. The van der Waals surface area contributed by atoms with Crippen LogP contribution in [0.1, 0.15) is 15.9 Å². The number of nitrogens with one attached hydrogen (secondary N) is 1. The first kappa shape index (κ1) is 14.1. The van der Waals surface area contributed by atoms with Gasteiger partial charge in [0.25, 0.3) is 5.91 Å². The summed E-state index contributed by atoms with van der Waals surface area (Å²) < 4.78 is 13.1. The predicted molar refractivity (Wildman–Crippen MR) is 78.2 cm³/mol. The van der Waals surface area contributed by atoms with Crippen LogP contribution in [0.3, 0.4) is 0 Å². The van der Waals surface area contributed by atoms with Crippen molar-refractivity contribution in [2.24, 2.45) is 0 Å². The standard InChI is InChI=1S/C16H17FN2O/c1-19(2)16(20)14-8-3-4-9-15(14)18-11-12-6-5-7-13(17)10-12/h3-10,18H,11H2,1-2H3. The number of para-hydroxylation sites is 1. The van der Waals surface area contributed by atoms with Gasteiger partial charge in [-0.2, -0.15) is 0 Å². The lowest BCUT2D eigenvalue weighted by atomic mass is 10.1. The van der Waals surface area contributed by atoms with Gasteiger partial charge in [-0.1, -0.05) is 24.3 Å². The Morgan fingerprint density at radius 1 is 1.15 bits per heavy atom. The summed E-state index contributed by atoms with van der Waals surface area (Å²) in [5.41, 5.74) is 2.18. The van der Waals surface area contributed by atoms with Crippen LogP contribution in [0.4, 0.5) is 10.1 Å². The van der Waals surface area contributed by atoms with Crippen molar-refractivity contribution in [3.05, 3.63) is 65.5 Å². The molecule has 1 N–H and O–H groups in total. The SMILES string of the molecule is CN(C)C(=O)c1ccccc1NCc1cccc(F)c1. The molecule has 0 aliphatic rings. The number of carbonyl (C=O) groups is 1. The Bertz CT molecular complexity index is 611. The van der Waals surface area contributed by atoms with E-state index in [0.29, 0.717) is 12.1 Å². The molecule has 0 aliphatic carbocycles. The van der Waals surface area contributed by atoms with Crippen molar-refractivity contribution < 1.29 is 9.18 Å². The third-order valence-electron chi connectivity index (χ3n) is 2.94. The number of hydrogen-bond donors (Lipinski definition) is 1. The molecule has 0 radical (unpaired) electrons. The van der Waals surface area contributed by atoms with Crippen molar-refractivity contribution in [3.8, 4) is 0 Å². The highest BCUT2D eigenvalue weighted by Crippen LogP contribution is 2.17. The predicted octanol–water partition coefficient (Wildman–Crippen LogP) is 3.14. The van der Waals surface area contributed by atoms with Crippen LogP contribution in [0.25, 0.3) is 0 Å². The number of anilines is 1. The summed E-state index contributed by atoms with van der Waals surface area (Å²) in [5.74, 6) is -0.325. The molecule has 0 aliphatic heterocycles. The maximum absolute atomic E-state index is 13.1. The number of benzene rings is 2. The number of rotatable bonds is 4. The average Bonchev–Trinajstić information content (AvgIpc) is 2.44. The summed E-state index contributed by atoms with van der Waals surface area (Å²) in [6.07, 6.45) is 0. The molecule has 0 heterocycles. The van der Waals surface area contributed by atoms with Crippen molar-refractivity contribution in [1.82, 2.24) is 4.90 Å². The molecular weight excluding hydrogens is 255 g/mol. The average molecular weight is 272 g/mol. The first-order valence-electron chi connectivity index (χ1n) is 6.37. The van der Waals surface area contributed by atoms with Gasteiger partial charge >= 0.3 is 0 Å². The second-order valence-electron chi connectivity index (χ2n) is 4.73. The first-order chi connectivity index (χ1) is 9.58. The van der Waals surface area contributed by atoms with E-state index in [0.717, 1.165) is 11.3 Å². The van der Waals surface area contributed by atoms with Gasteiger partial charge in [0, 0.05) is 26.3 Å². The smallest absolute Gasteiger partial charge is 0.255 e. The summed E-state index contributed by atoms with van der Waals surface area (Å²) >= 11 is 0. The number of hydrogen-bond acceptors (Lipinski definition) is 2. The molecule has 0 fully saturated rings. The van der Waals surface area contributed by atoms with Crippen LogP contribution in [0.2, 0.25) is 0 Å². The Morgan fingerprint density at radius 3 is 2.60 bits per heavy atom. The molecule has 0 spiro atoms. The minimum absolute atomic E-state index is 0.0626. The van der Waals surface area contributed by atoms with E-state index in [9.17, 15) is 9.18 Å². The topological polar surface area (TPSA) is 32.3 Å². The van der Waals surface area contributed by atoms with Crippen LogP contribution in [0.5, 0.6) is 0 Å². The molecule has 20 heavy (non-hydrogen) atoms. The maximum Gasteiger partial charge on any atom is 0.255 e. The highest BCUT2D eigenvalue weighted by molar-refractivity contribution is 5.99. The Labute approximate surface area is 118 Å². The minimum Gasteiger partial charge on any atom is -0.380 e. The van der Waals surface area contributed by atoms with Gasteiger partial charge in [0.15, 0.2) is 0 Å². The molecule has 0 saturated carbocycles. The highest BCUT2D eigenvalue weighted by Gasteiger charge is 2.12. The Kier molecular flexibility index (Phi) is 4.35. The van der Waals surface area contributed by atoms with Gasteiger partial charge in [-0.15, -0.1) is 0 Å². The summed E-state index contributed by atoms with van der Waals surface area (Å²) in [4.78, 5) is 13.6. The normalized spacial score (nSPS) is 10.2. The van der Waals surface area contributed by atoms with Crippen molar-refractivity contribution >= 4 is 11.6 Å². The van der Waals surface area contributed by atoms with Crippen LogP contribution in [-0.4, -0.2) is 24.9 Å². The fourth-order valence-electron chi connectivity index (χ4n) is 1.91. The molecule has 1 amide bonds. The molecule has 4 heteroatoms. The van der Waals surface area contributed by atoms with Gasteiger partial charge in [-0.05, 0) is 29.8 Å². The van der Waals surface area contributed by atoms with Crippen LogP contribution >= 0.6 is 0 Å². The number of halogens is 1. The summed E-state index contributed by atoms with van der Waals surface area (Å²) in [6, 6.07) is 13.7. The molecule has 0 unspecified atom stereocenters. The molecule has 0 bridgehead atoms. The molecule has 2 rings (SSSR count). The summed E-state index contributed by atoms with van der Waals surface area (Å²) in [6.45, 7) is 0.468. The van der Waals surface area contributed by atoms with Gasteiger partial charge < -0.3 is 10.2 Å². The van der Waals surface area contributed by atoms with E-state index in [2.05, 4.69) is 5.32 Å². The third kappa shape index (κ3) is 3.35. The van der Waals surface area contributed by atoms with Gasteiger partial charge in [0.05, 0.1) is 5.56 Å². The van der Waals surface area contributed by atoms with E-state index >= 15 is 0 Å². The highest BCUT2D eigenvalue weighted by atomic mass is 19.1. The maximum atomic E-state index is 13.1. The van der Waals surface area contributed by atoms with Crippen molar-refractivity contribution in [3.63, 3.8) is 0 Å². The zero-order chi connectivity index (χ0) is 14.5. The molecule has 0 atom stereocenters. The van der Waals surface area contributed by atoms with E-state index in [-0.39, 0.29) is 11.7 Å². The molecule has 2 aromatic carbocycles. The molecule has 0 saturated heterocycles. The van der Waals surface area contributed by atoms with Gasteiger partial charge in [0.2, 0.25) is 0 Å². The van der Waals surface area contributed by atoms with E-state index < -0.39 is 0 Å². The lowest BCUT2D eigenvalue weighted by Gasteiger charge is -2.15. The third-order valence-corrected chi connectivity index (χ3v) is 2.94. The quantitative estimate of drug-likeness (QED) is 0.927. The summed E-state index contributed by atoms with van der Waals surface area (Å²) in [7, 11) is 3.43. The number of carbonyl (C=O) groups excluding carboxylic acids is 1. The van der Waals surface area contributed by atoms with Crippen molar-refractivity contribution in [2.75, 3.05) is 19.4 Å². The largest absolute Gasteiger partial charge is 0.380 e. The van der Waals surface area contributed by atoms with Crippen LogP contribution in [0.15, 0.2) is 48.5 Å². The monoisotopic (exact) mass is 272 g/mol. The molecular formula is C16H17FN2O. The van der Waals surface area contributed by atoms with Crippen LogP contribution in [0, 0.1) is 5.82 Å². The first-order valence-corrected chi connectivity index (χ1v) is 6.37. The van der Waals surface area contributed by atoms with E-state index in [1.54, 1.807) is 26.2 Å². The van der Waals surface area contributed by atoms with E-state index in [1.807, 2.05) is 24.3 Å². The van der Waals surface area contributed by atoms with Gasteiger partial charge in [0.1, 0.15) is 5.82 Å². The molecule has 3 nitrogen and oxygen atoms in total. The van der Waals surface area contributed by atoms with Crippen LogP contribution < -0.4 is 5.32 Å². The van der Waals surface area contributed by atoms with Crippen molar-refractivity contribution in [1.29, 1.82) is 0 Å². The van der Waals surface area contributed by atoms with Gasteiger partial charge in [-0.3, -0.25) is 4.79 Å². The Hall–Kier alpha value is -2.36. The van der Waals surface area contributed by atoms with Crippen molar-refractivity contribution in [2.45, 2.75) is 6.54 Å². The molecule has 104 valence electrons. The fourth-order valence-corrected chi connectivity index (χ4v) is 1.91. The zero-order valence-electron chi connectivity index (χ0n) is 11.6.